The average Bonchev–Trinajstić information content (AvgIpc) is 2.65. The maximum atomic E-state index is 12.6. The average molecular weight is 399 g/mol. The smallest absolute Gasteiger partial charge is 0.256 e. The minimum absolute atomic E-state index is 0.0657. The summed E-state index contributed by atoms with van der Waals surface area (Å²) in [6.07, 6.45) is 0. The van der Waals surface area contributed by atoms with Gasteiger partial charge < -0.3 is 4.74 Å². The van der Waals surface area contributed by atoms with Gasteiger partial charge in [-0.15, -0.1) is 0 Å². The molecule has 6 heteroatoms. The van der Waals surface area contributed by atoms with Gasteiger partial charge in [-0.05, 0) is 35.8 Å². The van der Waals surface area contributed by atoms with Gasteiger partial charge >= 0.3 is 0 Å². The first kappa shape index (κ1) is 19.6. The molecule has 3 aromatic rings. The fraction of sp³-hybridized carbons (Fsp3) is 0.238. The molecule has 4 nitrogen and oxygen atoms in total. The Labute approximate surface area is 168 Å². The van der Waals surface area contributed by atoms with Crippen LogP contribution in [0.25, 0.3) is 0 Å². The van der Waals surface area contributed by atoms with Crippen molar-refractivity contribution < 1.29 is 4.74 Å². The molecule has 0 fully saturated rings. The van der Waals surface area contributed by atoms with Crippen LogP contribution in [-0.4, -0.2) is 9.55 Å². The standard InChI is InChI=1S/C21H22N2O2S2/c1-15(2)18-19(24)22-21(26)23(14-25-13-16-9-5-3-6-10-16)20(18)27-17-11-7-4-8-12-17/h3-12,15H,13-14H2,1-2H3,(H,22,24,26). The summed E-state index contributed by atoms with van der Waals surface area (Å²) < 4.78 is 8.14. The molecule has 0 radical (unpaired) electrons. The van der Waals surface area contributed by atoms with E-state index in [1.54, 1.807) is 11.8 Å². The molecule has 1 N–H and O–H groups in total. The number of hydrogen-bond acceptors (Lipinski definition) is 4. The summed E-state index contributed by atoms with van der Waals surface area (Å²) in [6.45, 7) is 4.78. The van der Waals surface area contributed by atoms with Crippen molar-refractivity contribution in [2.45, 2.75) is 43.0 Å². The molecule has 0 aliphatic carbocycles. The van der Waals surface area contributed by atoms with Crippen molar-refractivity contribution in [2.24, 2.45) is 0 Å². The van der Waals surface area contributed by atoms with Crippen LogP contribution < -0.4 is 5.56 Å². The fourth-order valence-corrected chi connectivity index (χ4v) is 4.24. The molecule has 0 aliphatic rings. The Morgan fingerprint density at radius 3 is 2.33 bits per heavy atom. The lowest BCUT2D eigenvalue weighted by Crippen LogP contribution is -2.23. The summed E-state index contributed by atoms with van der Waals surface area (Å²) in [6, 6.07) is 20.0. The number of aromatic amines is 1. The molecule has 2 aromatic carbocycles. The topological polar surface area (TPSA) is 47.0 Å². The van der Waals surface area contributed by atoms with Gasteiger partial charge in [0.1, 0.15) is 6.73 Å². The second-order valence-electron chi connectivity index (χ2n) is 6.44. The van der Waals surface area contributed by atoms with Crippen LogP contribution in [-0.2, 0) is 18.1 Å². The maximum Gasteiger partial charge on any atom is 0.256 e. The van der Waals surface area contributed by atoms with Crippen molar-refractivity contribution in [3.05, 3.63) is 86.9 Å². The highest BCUT2D eigenvalue weighted by atomic mass is 32.2. The highest BCUT2D eigenvalue weighted by Gasteiger charge is 2.18. The van der Waals surface area contributed by atoms with E-state index in [1.165, 1.54) is 0 Å². The highest BCUT2D eigenvalue weighted by Crippen LogP contribution is 2.32. The summed E-state index contributed by atoms with van der Waals surface area (Å²) in [7, 11) is 0. The molecule has 1 aromatic heterocycles. The first-order valence-corrected chi connectivity index (χ1v) is 10.0. The number of nitrogens with one attached hydrogen (secondary N) is 1. The third kappa shape index (κ3) is 4.97. The number of benzene rings is 2. The molecule has 0 saturated carbocycles. The van der Waals surface area contributed by atoms with Crippen LogP contribution in [0.1, 0.15) is 30.9 Å². The molecule has 0 unspecified atom stereocenters. The van der Waals surface area contributed by atoms with Crippen molar-refractivity contribution in [1.82, 2.24) is 9.55 Å². The summed E-state index contributed by atoms with van der Waals surface area (Å²) in [4.78, 5) is 16.4. The Kier molecular flexibility index (Phi) is 6.66. The minimum Gasteiger partial charge on any atom is -0.356 e. The molecule has 0 amide bonds. The Morgan fingerprint density at radius 1 is 1.07 bits per heavy atom. The van der Waals surface area contributed by atoms with E-state index in [0.717, 1.165) is 21.0 Å². The molecule has 27 heavy (non-hydrogen) atoms. The third-order valence-corrected chi connectivity index (χ3v) is 5.52. The number of aromatic nitrogens is 2. The first-order valence-electron chi connectivity index (χ1n) is 8.78. The van der Waals surface area contributed by atoms with Crippen LogP contribution in [0, 0.1) is 4.77 Å². The van der Waals surface area contributed by atoms with E-state index in [2.05, 4.69) is 4.98 Å². The normalized spacial score (nSPS) is 11.1. The van der Waals surface area contributed by atoms with Crippen molar-refractivity contribution in [3.8, 4) is 0 Å². The summed E-state index contributed by atoms with van der Waals surface area (Å²) in [5.41, 5.74) is 1.68. The van der Waals surface area contributed by atoms with E-state index in [-0.39, 0.29) is 18.2 Å². The van der Waals surface area contributed by atoms with Gasteiger partial charge in [-0.1, -0.05) is 74.1 Å². The number of hydrogen-bond donors (Lipinski definition) is 1. The molecule has 0 bridgehead atoms. The van der Waals surface area contributed by atoms with Crippen molar-refractivity contribution in [3.63, 3.8) is 0 Å². The SMILES string of the molecule is CC(C)c1c(Sc2ccccc2)n(COCc2ccccc2)c(=S)[nH]c1=O. The summed E-state index contributed by atoms with van der Waals surface area (Å²) in [5, 5.41) is 0.831. The lowest BCUT2D eigenvalue weighted by molar-refractivity contribution is 0.0563. The van der Waals surface area contributed by atoms with Crippen LogP contribution in [0.2, 0.25) is 0 Å². The second-order valence-corrected chi connectivity index (χ2v) is 7.89. The van der Waals surface area contributed by atoms with Crippen molar-refractivity contribution in [2.75, 3.05) is 0 Å². The number of nitrogens with zero attached hydrogens (tertiary/aromatic N) is 1. The third-order valence-electron chi connectivity index (χ3n) is 4.05. The molecule has 0 spiro atoms. The summed E-state index contributed by atoms with van der Waals surface area (Å²) in [5.74, 6) is 0.0657. The first-order chi connectivity index (χ1) is 13.1. The Hall–Kier alpha value is -2.15. The number of ether oxygens (including phenoxy) is 1. The zero-order valence-electron chi connectivity index (χ0n) is 15.3. The van der Waals surface area contributed by atoms with Gasteiger partial charge in [0, 0.05) is 4.90 Å². The lowest BCUT2D eigenvalue weighted by atomic mass is 10.1. The van der Waals surface area contributed by atoms with Crippen LogP contribution in [0.15, 0.2) is 75.4 Å². The highest BCUT2D eigenvalue weighted by molar-refractivity contribution is 7.99. The van der Waals surface area contributed by atoms with Crippen molar-refractivity contribution in [1.29, 1.82) is 0 Å². The van der Waals surface area contributed by atoms with Gasteiger partial charge in [0.05, 0.1) is 17.2 Å². The van der Waals surface area contributed by atoms with E-state index in [4.69, 9.17) is 17.0 Å². The number of rotatable bonds is 7. The van der Waals surface area contributed by atoms with Gasteiger partial charge in [0.15, 0.2) is 4.77 Å². The van der Waals surface area contributed by atoms with E-state index >= 15 is 0 Å². The molecule has 0 atom stereocenters. The fourth-order valence-electron chi connectivity index (χ4n) is 2.73. The predicted molar refractivity (Wildman–Crippen MR) is 112 cm³/mol. The van der Waals surface area contributed by atoms with Gasteiger partial charge in [0.25, 0.3) is 5.56 Å². The number of H-pyrrole nitrogens is 1. The van der Waals surface area contributed by atoms with Crippen LogP contribution in [0.3, 0.4) is 0 Å². The van der Waals surface area contributed by atoms with Crippen LogP contribution >= 0.6 is 24.0 Å². The molecular weight excluding hydrogens is 376 g/mol. The monoisotopic (exact) mass is 398 g/mol. The minimum atomic E-state index is -0.132. The van der Waals surface area contributed by atoms with Crippen molar-refractivity contribution >= 4 is 24.0 Å². The zero-order valence-corrected chi connectivity index (χ0v) is 17.0. The van der Waals surface area contributed by atoms with Gasteiger partial charge in [-0.2, -0.15) is 0 Å². The van der Waals surface area contributed by atoms with Crippen LogP contribution in [0.5, 0.6) is 0 Å². The molecule has 140 valence electrons. The molecule has 0 aliphatic heterocycles. The second kappa shape index (κ2) is 9.17. The quantitative estimate of drug-likeness (QED) is 0.430. The van der Waals surface area contributed by atoms with E-state index in [0.29, 0.717) is 11.4 Å². The Balaban J connectivity index is 1.94. The van der Waals surface area contributed by atoms with Gasteiger partial charge in [0.2, 0.25) is 0 Å². The Morgan fingerprint density at radius 2 is 1.70 bits per heavy atom. The zero-order chi connectivity index (χ0) is 19.2. The Bertz CT molecular complexity index is 996. The van der Waals surface area contributed by atoms with E-state index in [1.807, 2.05) is 79.1 Å². The van der Waals surface area contributed by atoms with Gasteiger partial charge in [-0.3, -0.25) is 14.3 Å². The van der Waals surface area contributed by atoms with Gasteiger partial charge in [-0.25, -0.2) is 0 Å². The summed E-state index contributed by atoms with van der Waals surface area (Å²) >= 11 is 6.97. The lowest BCUT2D eigenvalue weighted by Gasteiger charge is -2.19. The maximum absolute atomic E-state index is 12.6. The molecule has 0 saturated heterocycles. The van der Waals surface area contributed by atoms with E-state index < -0.39 is 0 Å². The van der Waals surface area contributed by atoms with Crippen LogP contribution in [0.4, 0.5) is 0 Å². The predicted octanol–water partition coefficient (Wildman–Crippen LogP) is 5.35. The molecule has 1 heterocycles. The molecular formula is C21H22N2O2S2. The largest absolute Gasteiger partial charge is 0.356 e. The van der Waals surface area contributed by atoms with E-state index in [9.17, 15) is 4.79 Å². The molecule has 3 rings (SSSR count).